The lowest BCUT2D eigenvalue weighted by Gasteiger charge is -2.12. The van der Waals surface area contributed by atoms with Gasteiger partial charge in [0.05, 0.1) is 22.9 Å². The topological polar surface area (TPSA) is 64.4 Å². The van der Waals surface area contributed by atoms with Crippen LogP contribution in [0.15, 0.2) is 67.0 Å². The Kier molecular flexibility index (Phi) is 4.59. The SMILES string of the molecule is Cc1ccc2ncn(C/C=C3/c4ccccc4COc4ccc(C(=O)O)cc43)c2c1C. The van der Waals surface area contributed by atoms with Gasteiger partial charge in [0.15, 0.2) is 0 Å². The maximum atomic E-state index is 11.6. The summed E-state index contributed by atoms with van der Waals surface area (Å²) >= 11 is 0. The second-order valence-corrected chi connectivity index (χ2v) is 7.85. The fourth-order valence-electron chi connectivity index (χ4n) is 4.20. The van der Waals surface area contributed by atoms with Crippen LogP contribution in [0, 0.1) is 13.8 Å². The molecule has 154 valence electrons. The van der Waals surface area contributed by atoms with E-state index in [2.05, 4.69) is 41.6 Å². The molecule has 4 aromatic rings. The number of hydrogen-bond donors (Lipinski definition) is 1. The van der Waals surface area contributed by atoms with Crippen molar-refractivity contribution >= 4 is 22.6 Å². The number of benzene rings is 3. The van der Waals surface area contributed by atoms with Crippen LogP contribution in [0.4, 0.5) is 0 Å². The highest BCUT2D eigenvalue weighted by Crippen LogP contribution is 2.37. The molecule has 1 N–H and O–H groups in total. The molecular formula is C26H22N2O3. The number of carboxylic acid groups (broad SMARTS) is 1. The molecule has 1 aliphatic rings. The van der Waals surface area contributed by atoms with Gasteiger partial charge in [0, 0.05) is 12.1 Å². The third kappa shape index (κ3) is 3.28. The van der Waals surface area contributed by atoms with E-state index in [9.17, 15) is 9.90 Å². The number of carbonyl (C=O) groups is 1. The van der Waals surface area contributed by atoms with Crippen LogP contribution >= 0.6 is 0 Å². The van der Waals surface area contributed by atoms with E-state index in [4.69, 9.17) is 4.74 Å². The van der Waals surface area contributed by atoms with E-state index in [1.807, 2.05) is 30.6 Å². The maximum Gasteiger partial charge on any atom is 0.335 e. The van der Waals surface area contributed by atoms with E-state index in [1.165, 1.54) is 11.1 Å². The molecule has 0 saturated heterocycles. The molecule has 0 aliphatic carbocycles. The molecule has 0 saturated carbocycles. The normalized spacial score (nSPS) is 14.1. The predicted octanol–water partition coefficient (Wildman–Crippen LogP) is 5.38. The summed E-state index contributed by atoms with van der Waals surface area (Å²) < 4.78 is 8.17. The Morgan fingerprint density at radius 3 is 2.81 bits per heavy atom. The molecule has 0 unspecified atom stereocenters. The lowest BCUT2D eigenvalue weighted by molar-refractivity contribution is 0.0697. The van der Waals surface area contributed by atoms with Gasteiger partial charge in [0.1, 0.15) is 12.4 Å². The van der Waals surface area contributed by atoms with Crippen LogP contribution in [0.2, 0.25) is 0 Å². The summed E-state index contributed by atoms with van der Waals surface area (Å²) in [6.07, 6.45) is 4.00. The van der Waals surface area contributed by atoms with Gasteiger partial charge in [-0.1, -0.05) is 36.4 Å². The lowest BCUT2D eigenvalue weighted by Crippen LogP contribution is -2.01. The van der Waals surface area contributed by atoms with E-state index >= 15 is 0 Å². The zero-order chi connectivity index (χ0) is 21.5. The Balaban J connectivity index is 1.68. The second kappa shape index (κ2) is 7.43. The van der Waals surface area contributed by atoms with Crippen molar-refractivity contribution in [1.29, 1.82) is 0 Å². The van der Waals surface area contributed by atoms with Gasteiger partial charge in [0.25, 0.3) is 0 Å². The third-order valence-corrected chi connectivity index (χ3v) is 6.00. The van der Waals surface area contributed by atoms with Gasteiger partial charge in [-0.2, -0.15) is 0 Å². The highest BCUT2D eigenvalue weighted by Gasteiger charge is 2.20. The maximum absolute atomic E-state index is 11.6. The van der Waals surface area contributed by atoms with Crippen molar-refractivity contribution in [2.45, 2.75) is 27.0 Å². The number of fused-ring (bicyclic) bond motifs is 3. The van der Waals surface area contributed by atoms with E-state index in [0.717, 1.165) is 33.3 Å². The van der Waals surface area contributed by atoms with Crippen molar-refractivity contribution in [2.75, 3.05) is 0 Å². The van der Waals surface area contributed by atoms with Crippen LogP contribution < -0.4 is 4.74 Å². The first-order valence-corrected chi connectivity index (χ1v) is 10.2. The average molecular weight is 410 g/mol. The number of ether oxygens (including phenoxy) is 1. The van der Waals surface area contributed by atoms with Gasteiger partial charge in [-0.05, 0) is 65.9 Å². The number of aromatic nitrogens is 2. The predicted molar refractivity (Wildman–Crippen MR) is 120 cm³/mol. The summed E-state index contributed by atoms with van der Waals surface area (Å²) in [4.78, 5) is 16.2. The highest BCUT2D eigenvalue weighted by molar-refractivity contribution is 5.92. The number of rotatable bonds is 3. The first kappa shape index (κ1) is 19.1. The van der Waals surface area contributed by atoms with E-state index in [-0.39, 0.29) is 5.56 Å². The molecule has 0 radical (unpaired) electrons. The minimum absolute atomic E-state index is 0.243. The van der Waals surface area contributed by atoms with Crippen molar-refractivity contribution in [3.05, 3.63) is 100 Å². The van der Waals surface area contributed by atoms with Gasteiger partial charge in [-0.15, -0.1) is 0 Å². The largest absolute Gasteiger partial charge is 0.488 e. The van der Waals surface area contributed by atoms with Crippen molar-refractivity contribution in [3.8, 4) is 5.75 Å². The first-order chi connectivity index (χ1) is 15.0. The molecule has 1 aromatic heterocycles. The first-order valence-electron chi connectivity index (χ1n) is 10.2. The number of imidazole rings is 1. The van der Waals surface area contributed by atoms with Gasteiger partial charge in [0.2, 0.25) is 0 Å². The molecule has 0 bridgehead atoms. The van der Waals surface area contributed by atoms with Crippen molar-refractivity contribution in [3.63, 3.8) is 0 Å². The number of carboxylic acids is 1. The quantitative estimate of drug-likeness (QED) is 0.493. The van der Waals surface area contributed by atoms with E-state index in [0.29, 0.717) is 18.9 Å². The van der Waals surface area contributed by atoms with Crippen LogP contribution in [0.5, 0.6) is 5.75 Å². The van der Waals surface area contributed by atoms with E-state index in [1.54, 1.807) is 18.2 Å². The molecule has 31 heavy (non-hydrogen) atoms. The smallest absolute Gasteiger partial charge is 0.335 e. The molecule has 0 fully saturated rings. The van der Waals surface area contributed by atoms with Gasteiger partial charge >= 0.3 is 5.97 Å². The Morgan fingerprint density at radius 2 is 1.97 bits per heavy atom. The molecule has 5 rings (SSSR count). The fraction of sp³-hybridized carbons (Fsp3) is 0.154. The lowest BCUT2D eigenvalue weighted by atomic mass is 9.93. The van der Waals surface area contributed by atoms with Crippen molar-refractivity contribution in [2.24, 2.45) is 0 Å². The zero-order valence-electron chi connectivity index (χ0n) is 17.4. The minimum Gasteiger partial charge on any atom is -0.488 e. The van der Waals surface area contributed by atoms with Gasteiger partial charge in [-0.25, -0.2) is 9.78 Å². The average Bonchev–Trinajstić information content (AvgIpc) is 3.12. The van der Waals surface area contributed by atoms with Crippen LogP contribution in [0.3, 0.4) is 0 Å². The van der Waals surface area contributed by atoms with Crippen molar-refractivity contribution in [1.82, 2.24) is 9.55 Å². The van der Waals surface area contributed by atoms with Crippen molar-refractivity contribution < 1.29 is 14.6 Å². The summed E-state index contributed by atoms with van der Waals surface area (Å²) in [7, 11) is 0. The second-order valence-electron chi connectivity index (χ2n) is 7.85. The fourth-order valence-corrected chi connectivity index (χ4v) is 4.20. The Hall–Kier alpha value is -3.86. The summed E-state index contributed by atoms with van der Waals surface area (Å²) in [5.74, 6) is -0.263. The van der Waals surface area contributed by atoms with Gasteiger partial charge in [-0.3, -0.25) is 0 Å². The van der Waals surface area contributed by atoms with Crippen LogP contribution in [0.1, 0.15) is 38.2 Å². The van der Waals surface area contributed by atoms with Crippen LogP contribution in [-0.2, 0) is 13.2 Å². The number of hydrogen-bond acceptors (Lipinski definition) is 3. The Labute approximate surface area is 180 Å². The number of aromatic carboxylic acids is 1. The molecule has 3 aromatic carbocycles. The number of nitrogens with zero attached hydrogens (tertiary/aromatic N) is 2. The summed E-state index contributed by atoms with van der Waals surface area (Å²) in [6, 6.07) is 17.3. The summed E-state index contributed by atoms with van der Waals surface area (Å²) in [5, 5.41) is 9.52. The van der Waals surface area contributed by atoms with Crippen LogP contribution in [0.25, 0.3) is 16.6 Å². The van der Waals surface area contributed by atoms with Crippen LogP contribution in [-0.4, -0.2) is 20.6 Å². The van der Waals surface area contributed by atoms with Gasteiger partial charge < -0.3 is 14.4 Å². The monoisotopic (exact) mass is 410 g/mol. The number of aryl methyl sites for hydroxylation is 2. The highest BCUT2D eigenvalue weighted by atomic mass is 16.5. The minimum atomic E-state index is -0.952. The zero-order valence-corrected chi connectivity index (χ0v) is 17.4. The molecule has 0 spiro atoms. The third-order valence-electron chi connectivity index (χ3n) is 6.00. The molecule has 5 heteroatoms. The molecule has 5 nitrogen and oxygen atoms in total. The molecular weight excluding hydrogens is 388 g/mol. The number of allylic oxidation sites excluding steroid dienone is 1. The molecule has 0 atom stereocenters. The Morgan fingerprint density at radius 1 is 1.13 bits per heavy atom. The summed E-state index contributed by atoms with van der Waals surface area (Å²) in [6.45, 7) is 5.28. The Bertz CT molecular complexity index is 1360. The van der Waals surface area contributed by atoms with E-state index < -0.39 is 5.97 Å². The molecule has 1 aliphatic heterocycles. The molecule has 0 amide bonds. The summed E-state index contributed by atoms with van der Waals surface area (Å²) in [5.41, 5.74) is 8.67. The molecule has 2 heterocycles. The standard InChI is InChI=1S/C26H22N2O3/c1-16-7-9-23-25(17(16)2)28(15-27-23)12-11-21-20-6-4-3-5-19(20)14-31-24-10-8-18(26(29)30)13-22(21)24/h3-11,13,15H,12,14H2,1-2H3,(H,29,30)/b21-11-.